The van der Waals surface area contributed by atoms with Crippen molar-refractivity contribution in [1.82, 2.24) is 9.97 Å². The van der Waals surface area contributed by atoms with E-state index in [9.17, 15) is 0 Å². The van der Waals surface area contributed by atoms with E-state index < -0.39 is 0 Å². The second-order valence-electron chi connectivity index (χ2n) is 5.12. The third-order valence-corrected chi connectivity index (χ3v) is 4.83. The van der Waals surface area contributed by atoms with Gasteiger partial charge in [0.25, 0.3) is 0 Å². The van der Waals surface area contributed by atoms with Crippen LogP contribution in [-0.2, 0) is 6.42 Å². The van der Waals surface area contributed by atoms with Gasteiger partial charge in [-0.05, 0) is 18.9 Å². The molecule has 1 aliphatic heterocycles. The Bertz CT molecular complexity index is 633. The SMILES string of the molecule is CN1CCc2c(SCCCO)ncnc2-c2ccccc21. The Morgan fingerprint density at radius 2 is 2.14 bits per heavy atom. The van der Waals surface area contributed by atoms with Gasteiger partial charge in [-0.3, -0.25) is 0 Å². The van der Waals surface area contributed by atoms with Crippen molar-refractivity contribution in [3.05, 3.63) is 36.2 Å². The Labute approximate surface area is 129 Å². The second-order valence-corrected chi connectivity index (χ2v) is 6.20. The van der Waals surface area contributed by atoms with Gasteiger partial charge in [-0.25, -0.2) is 9.97 Å². The van der Waals surface area contributed by atoms with Crippen LogP contribution in [0.2, 0.25) is 0 Å². The van der Waals surface area contributed by atoms with Crippen LogP contribution in [0.4, 0.5) is 5.69 Å². The van der Waals surface area contributed by atoms with Crippen molar-refractivity contribution in [3.8, 4) is 11.3 Å². The summed E-state index contributed by atoms with van der Waals surface area (Å²) in [5.41, 5.74) is 4.69. The largest absolute Gasteiger partial charge is 0.396 e. The first-order valence-corrected chi connectivity index (χ1v) is 8.18. The molecule has 1 N–H and O–H groups in total. The van der Waals surface area contributed by atoms with E-state index in [0.717, 1.165) is 35.9 Å². The molecule has 0 radical (unpaired) electrons. The summed E-state index contributed by atoms with van der Waals surface area (Å²) in [6.07, 6.45) is 3.39. The molecular formula is C16H19N3OS. The molecule has 0 bridgehead atoms. The van der Waals surface area contributed by atoms with Crippen LogP contribution in [0, 0.1) is 0 Å². The first kappa shape index (κ1) is 14.4. The van der Waals surface area contributed by atoms with Gasteiger partial charge in [0.15, 0.2) is 0 Å². The number of aliphatic hydroxyl groups is 1. The topological polar surface area (TPSA) is 49.2 Å². The molecule has 0 unspecified atom stereocenters. The number of hydrogen-bond donors (Lipinski definition) is 1. The number of nitrogens with zero attached hydrogens (tertiary/aromatic N) is 3. The molecule has 1 aromatic carbocycles. The normalized spacial score (nSPS) is 13.5. The number of fused-ring (bicyclic) bond motifs is 3. The Morgan fingerprint density at radius 1 is 1.29 bits per heavy atom. The highest BCUT2D eigenvalue weighted by Crippen LogP contribution is 2.37. The van der Waals surface area contributed by atoms with E-state index in [1.165, 1.54) is 16.8 Å². The van der Waals surface area contributed by atoms with Crippen molar-refractivity contribution in [2.45, 2.75) is 17.9 Å². The molecule has 4 nitrogen and oxygen atoms in total. The van der Waals surface area contributed by atoms with Gasteiger partial charge < -0.3 is 10.0 Å². The maximum atomic E-state index is 8.94. The van der Waals surface area contributed by atoms with Gasteiger partial charge in [-0.2, -0.15) is 0 Å². The molecule has 0 atom stereocenters. The third kappa shape index (κ3) is 2.89. The number of aliphatic hydroxyl groups excluding tert-OH is 1. The monoisotopic (exact) mass is 301 g/mol. The molecule has 0 saturated carbocycles. The zero-order chi connectivity index (χ0) is 14.7. The quantitative estimate of drug-likeness (QED) is 0.534. The van der Waals surface area contributed by atoms with Gasteiger partial charge >= 0.3 is 0 Å². The van der Waals surface area contributed by atoms with E-state index in [-0.39, 0.29) is 6.61 Å². The molecule has 1 aliphatic rings. The summed E-state index contributed by atoms with van der Waals surface area (Å²) >= 11 is 1.72. The van der Waals surface area contributed by atoms with Gasteiger partial charge in [0.2, 0.25) is 0 Å². The van der Waals surface area contributed by atoms with Gasteiger partial charge in [0.05, 0.1) is 5.69 Å². The fourth-order valence-corrected chi connectivity index (χ4v) is 3.58. The number of hydrogen-bond acceptors (Lipinski definition) is 5. The first-order chi connectivity index (χ1) is 10.3. The minimum Gasteiger partial charge on any atom is -0.396 e. The summed E-state index contributed by atoms with van der Waals surface area (Å²) in [6.45, 7) is 1.19. The molecule has 0 spiro atoms. The van der Waals surface area contributed by atoms with Crippen molar-refractivity contribution in [2.24, 2.45) is 0 Å². The van der Waals surface area contributed by atoms with E-state index in [4.69, 9.17) is 5.11 Å². The molecule has 0 fully saturated rings. The van der Waals surface area contributed by atoms with Gasteiger partial charge in [-0.15, -0.1) is 11.8 Å². The second kappa shape index (κ2) is 6.45. The Balaban J connectivity index is 2.03. The molecule has 3 rings (SSSR count). The Kier molecular flexibility index (Phi) is 4.41. The number of thioether (sulfide) groups is 1. The van der Waals surface area contributed by atoms with Crippen molar-refractivity contribution < 1.29 is 5.11 Å². The number of benzene rings is 1. The van der Waals surface area contributed by atoms with E-state index in [0.29, 0.717) is 0 Å². The van der Waals surface area contributed by atoms with E-state index in [2.05, 4.69) is 46.2 Å². The highest BCUT2D eigenvalue weighted by molar-refractivity contribution is 7.99. The van der Waals surface area contributed by atoms with Crippen molar-refractivity contribution >= 4 is 17.4 Å². The Hall–Kier alpha value is -1.59. The predicted octanol–water partition coefficient (Wildman–Crippen LogP) is 2.61. The number of likely N-dealkylation sites (N-methyl/N-ethyl adjacent to an activating group) is 1. The molecule has 1 aromatic heterocycles. The summed E-state index contributed by atoms with van der Waals surface area (Å²) in [6, 6.07) is 8.40. The van der Waals surface area contributed by atoms with Crippen molar-refractivity contribution in [2.75, 3.05) is 30.9 Å². The lowest BCUT2D eigenvalue weighted by atomic mass is 10.1. The molecule has 0 amide bonds. The van der Waals surface area contributed by atoms with Crippen molar-refractivity contribution in [1.29, 1.82) is 0 Å². The van der Waals surface area contributed by atoms with Crippen LogP contribution in [0.1, 0.15) is 12.0 Å². The maximum absolute atomic E-state index is 8.94. The van der Waals surface area contributed by atoms with Gasteiger partial charge in [0.1, 0.15) is 11.4 Å². The van der Waals surface area contributed by atoms with Crippen molar-refractivity contribution in [3.63, 3.8) is 0 Å². The number of para-hydroxylation sites is 1. The summed E-state index contributed by atoms with van der Waals surface area (Å²) in [5.74, 6) is 0.886. The van der Waals surface area contributed by atoms with Crippen LogP contribution in [0.15, 0.2) is 35.6 Å². The van der Waals surface area contributed by atoms with E-state index >= 15 is 0 Å². The van der Waals surface area contributed by atoms with Crippen LogP contribution in [0.5, 0.6) is 0 Å². The molecular weight excluding hydrogens is 282 g/mol. The van der Waals surface area contributed by atoms with Gasteiger partial charge in [-0.1, -0.05) is 18.2 Å². The molecule has 5 heteroatoms. The van der Waals surface area contributed by atoms with E-state index in [1.54, 1.807) is 18.1 Å². The Morgan fingerprint density at radius 3 is 3.00 bits per heavy atom. The molecule has 2 heterocycles. The van der Waals surface area contributed by atoms with Crippen LogP contribution < -0.4 is 4.90 Å². The lowest BCUT2D eigenvalue weighted by Gasteiger charge is -2.18. The lowest BCUT2D eigenvalue weighted by molar-refractivity contribution is 0.296. The molecule has 2 aromatic rings. The smallest absolute Gasteiger partial charge is 0.117 e. The summed E-state index contributed by atoms with van der Waals surface area (Å²) in [4.78, 5) is 11.3. The molecule has 110 valence electrons. The number of aromatic nitrogens is 2. The fraction of sp³-hybridized carbons (Fsp3) is 0.375. The standard InChI is InChI=1S/C16H19N3OS/c1-19-8-7-13-15(12-5-2-3-6-14(12)19)17-11-18-16(13)21-10-4-9-20/h2-3,5-6,11,20H,4,7-10H2,1H3. The minimum absolute atomic E-state index is 0.228. The maximum Gasteiger partial charge on any atom is 0.117 e. The number of anilines is 1. The van der Waals surface area contributed by atoms with Crippen LogP contribution in [-0.4, -0.2) is 41.0 Å². The molecule has 0 aliphatic carbocycles. The van der Waals surface area contributed by atoms with Crippen LogP contribution in [0.25, 0.3) is 11.3 Å². The van der Waals surface area contributed by atoms with Crippen LogP contribution in [0.3, 0.4) is 0 Å². The van der Waals surface area contributed by atoms with Gasteiger partial charge in [0, 0.05) is 42.8 Å². The summed E-state index contributed by atoms with van der Waals surface area (Å²) in [7, 11) is 2.12. The summed E-state index contributed by atoms with van der Waals surface area (Å²) in [5, 5.41) is 9.99. The minimum atomic E-state index is 0.228. The number of rotatable bonds is 4. The summed E-state index contributed by atoms with van der Waals surface area (Å²) < 4.78 is 0. The molecule has 21 heavy (non-hydrogen) atoms. The fourth-order valence-electron chi connectivity index (χ4n) is 2.62. The average molecular weight is 301 g/mol. The average Bonchev–Trinajstić information content (AvgIpc) is 2.67. The highest BCUT2D eigenvalue weighted by Gasteiger charge is 2.21. The molecule has 0 saturated heterocycles. The zero-order valence-corrected chi connectivity index (χ0v) is 12.9. The third-order valence-electron chi connectivity index (χ3n) is 3.71. The zero-order valence-electron chi connectivity index (χ0n) is 12.1. The first-order valence-electron chi connectivity index (χ1n) is 7.19. The lowest BCUT2D eigenvalue weighted by Crippen LogP contribution is -2.19. The van der Waals surface area contributed by atoms with E-state index in [1.807, 2.05) is 0 Å². The predicted molar refractivity (Wildman–Crippen MR) is 86.9 cm³/mol. The van der Waals surface area contributed by atoms with Crippen LogP contribution >= 0.6 is 11.8 Å². The highest BCUT2D eigenvalue weighted by atomic mass is 32.2.